The lowest BCUT2D eigenvalue weighted by atomic mass is 9.73. The minimum absolute atomic E-state index is 0.121. The molecule has 0 amide bonds. The Hall–Kier alpha value is -2.26. The van der Waals surface area contributed by atoms with Gasteiger partial charge >= 0.3 is 5.97 Å². The van der Waals surface area contributed by atoms with E-state index in [9.17, 15) is 15.1 Å². The highest BCUT2D eigenvalue weighted by Crippen LogP contribution is 2.48. The number of hydrogen-bond donors (Lipinski definition) is 2. The maximum absolute atomic E-state index is 13.8. The van der Waals surface area contributed by atoms with Crippen LogP contribution in [0.15, 0.2) is 52.8 Å². The van der Waals surface area contributed by atoms with Crippen LogP contribution in [0.25, 0.3) is 0 Å². The zero-order valence-electron chi connectivity index (χ0n) is 22.8. The number of rotatable bonds is 1. The maximum Gasteiger partial charge on any atom is 0.316 e. The van der Waals surface area contributed by atoms with Crippen molar-refractivity contribution in [3.63, 3.8) is 0 Å². The first-order chi connectivity index (χ1) is 18.2. The predicted octanol–water partition coefficient (Wildman–Crippen LogP) is 4.47. The summed E-state index contributed by atoms with van der Waals surface area (Å²) in [5.74, 6) is -1.49. The second kappa shape index (κ2) is 10.7. The number of esters is 1. The molecule has 4 aliphatic heterocycles. The highest BCUT2D eigenvalue weighted by atomic mass is 16.7. The summed E-state index contributed by atoms with van der Waals surface area (Å²) in [7, 11) is 0. The van der Waals surface area contributed by atoms with E-state index in [-0.39, 0.29) is 30.3 Å². The van der Waals surface area contributed by atoms with E-state index in [2.05, 4.69) is 45.0 Å². The molecule has 3 saturated heterocycles. The van der Waals surface area contributed by atoms with Gasteiger partial charge in [-0.05, 0) is 49.7 Å². The van der Waals surface area contributed by atoms with E-state index < -0.39 is 35.5 Å². The van der Waals surface area contributed by atoms with Crippen LogP contribution in [0.5, 0.6) is 0 Å². The Bertz CT molecular complexity index is 1080. The summed E-state index contributed by atoms with van der Waals surface area (Å²) in [6, 6.07) is 0. The molecule has 4 heterocycles. The van der Waals surface area contributed by atoms with Crippen molar-refractivity contribution in [2.75, 3.05) is 13.2 Å². The minimum atomic E-state index is -1.71. The van der Waals surface area contributed by atoms with Crippen molar-refractivity contribution in [2.45, 2.75) is 89.5 Å². The average Bonchev–Trinajstić information content (AvgIpc) is 3.37. The van der Waals surface area contributed by atoms with Gasteiger partial charge in [-0.3, -0.25) is 4.79 Å². The van der Waals surface area contributed by atoms with Crippen molar-refractivity contribution in [2.24, 2.45) is 28.8 Å². The first kappa shape index (κ1) is 27.3. The molecule has 3 fully saturated rings. The van der Waals surface area contributed by atoms with Crippen molar-refractivity contribution in [1.82, 2.24) is 0 Å². The highest BCUT2D eigenvalue weighted by molar-refractivity contribution is 6.03. The molecule has 0 unspecified atom stereocenters. The monoisotopic (exact) mass is 527 g/mol. The standard InChI is InChI=1S/C30H41NO7/c1-5-24-20(4)16-36-29(24)15-23-14-22(38-29)10-9-19(3)13-18(2)7-6-8-21-17-35-27-26(31-34)12-11-25(28(32)37-23)30(21,27)33/h6-9,11-12,18,20,22-25,27,33-34H,5,10,13-17H2,1-4H3/b7-6+,19-9+,21-8+,31-26-/t18-,20+,22+,23-,24+,25+,27+,29-,30+/m0/s1. The molecule has 9 atom stereocenters. The van der Waals surface area contributed by atoms with Gasteiger partial charge in [-0.15, -0.1) is 0 Å². The van der Waals surface area contributed by atoms with Crippen molar-refractivity contribution < 1.29 is 34.1 Å². The third kappa shape index (κ3) is 4.81. The van der Waals surface area contributed by atoms with E-state index in [1.165, 1.54) is 11.6 Å². The van der Waals surface area contributed by atoms with Gasteiger partial charge in [-0.1, -0.05) is 61.9 Å². The fraction of sp³-hybridized carbons (Fsp3) is 0.667. The zero-order valence-corrected chi connectivity index (χ0v) is 22.8. The minimum Gasteiger partial charge on any atom is -0.462 e. The van der Waals surface area contributed by atoms with Gasteiger partial charge in [-0.2, -0.15) is 0 Å². The number of nitrogens with zero attached hydrogens (tertiary/aromatic N) is 1. The lowest BCUT2D eigenvalue weighted by Crippen LogP contribution is -2.56. The average molecular weight is 528 g/mol. The molecular formula is C30H41NO7. The molecule has 8 heteroatoms. The molecule has 0 saturated carbocycles. The van der Waals surface area contributed by atoms with Gasteiger partial charge in [0.05, 0.1) is 19.3 Å². The zero-order chi connectivity index (χ0) is 27.1. The quantitative estimate of drug-likeness (QED) is 0.224. The van der Waals surface area contributed by atoms with Gasteiger partial charge in [0.1, 0.15) is 29.4 Å². The number of hydrogen-bond acceptors (Lipinski definition) is 8. The number of carbonyl (C=O) groups is 1. The van der Waals surface area contributed by atoms with Crippen LogP contribution in [-0.4, -0.2) is 64.9 Å². The molecule has 2 bridgehead atoms. The molecular weight excluding hydrogens is 486 g/mol. The molecule has 5 rings (SSSR count). The summed E-state index contributed by atoms with van der Waals surface area (Å²) in [6.45, 7) is 9.37. The number of allylic oxidation sites excluding steroid dienone is 4. The molecule has 1 spiro atoms. The van der Waals surface area contributed by atoms with Crippen LogP contribution in [0.2, 0.25) is 0 Å². The third-order valence-corrected chi connectivity index (χ3v) is 8.97. The molecule has 0 aromatic carbocycles. The topological polar surface area (TPSA) is 107 Å². The van der Waals surface area contributed by atoms with Gasteiger partial charge in [0.15, 0.2) is 5.79 Å². The molecule has 0 aromatic rings. The molecule has 208 valence electrons. The number of ether oxygens (including phenoxy) is 4. The summed E-state index contributed by atoms with van der Waals surface area (Å²) in [6.07, 6.45) is 13.2. The summed E-state index contributed by atoms with van der Waals surface area (Å²) in [5.41, 5.74) is 0.297. The predicted molar refractivity (Wildman–Crippen MR) is 142 cm³/mol. The van der Waals surface area contributed by atoms with Crippen molar-refractivity contribution in [3.05, 3.63) is 47.6 Å². The van der Waals surface area contributed by atoms with Gasteiger partial charge in [0, 0.05) is 18.8 Å². The Morgan fingerprint density at radius 3 is 2.79 bits per heavy atom. The summed E-state index contributed by atoms with van der Waals surface area (Å²) in [5, 5.41) is 24.9. The van der Waals surface area contributed by atoms with E-state index in [0.29, 0.717) is 30.9 Å². The fourth-order valence-corrected chi connectivity index (χ4v) is 7.08. The van der Waals surface area contributed by atoms with E-state index in [4.69, 9.17) is 18.9 Å². The Balaban J connectivity index is 1.53. The molecule has 1 aliphatic carbocycles. The van der Waals surface area contributed by atoms with E-state index in [0.717, 1.165) is 19.3 Å². The smallest absolute Gasteiger partial charge is 0.316 e. The van der Waals surface area contributed by atoms with E-state index >= 15 is 0 Å². The Morgan fingerprint density at radius 2 is 2.03 bits per heavy atom. The molecule has 8 nitrogen and oxygen atoms in total. The first-order valence-electron chi connectivity index (χ1n) is 14.0. The lowest BCUT2D eigenvalue weighted by Gasteiger charge is -2.45. The number of carbonyl (C=O) groups excluding carboxylic acids is 1. The molecule has 2 N–H and O–H groups in total. The van der Waals surface area contributed by atoms with Crippen LogP contribution in [0, 0.1) is 23.7 Å². The van der Waals surface area contributed by atoms with Gasteiger partial charge in [0.2, 0.25) is 0 Å². The highest BCUT2D eigenvalue weighted by Gasteiger charge is 2.59. The van der Waals surface area contributed by atoms with E-state index in [1.54, 1.807) is 6.08 Å². The second-order valence-corrected chi connectivity index (χ2v) is 11.8. The second-order valence-electron chi connectivity index (χ2n) is 11.8. The first-order valence-corrected chi connectivity index (χ1v) is 14.0. The van der Waals surface area contributed by atoms with Crippen LogP contribution < -0.4 is 0 Å². The number of oxime groups is 1. The summed E-state index contributed by atoms with van der Waals surface area (Å²) in [4.78, 5) is 13.8. The normalized spacial score (nSPS) is 48.2. The fourth-order valence-electron chi connectivity index (χ4n) is 7.08. The van der Waals surface area contributed by atoms with Crippen LogP contribution in [0.1, 0.15) is 59.8 Å². The SMILES string of the molecule is CC[C@@H]1[C@H](C)CO[C@]12C[C@@H]1C[C@@H](C/C=C(\C)C[C@@H](C)/C=C/C=C3\CO[C@@H]4/C(=N\O)C=C[C@H](C(=O)O1)[C@]34O)O2. The molecule has 0 radical (unpaired) electrons. The summed E-state index contributed by atoms with van der Waals surface area (Å²) >= 11 is 0. The Kier molecular flexibility index (Phi) is 7.70. The maximum atomic E-state index is 13.8. The van der Waals surface area contributed by atoms with Crippen molar-refractivity contribution >= 4 is 11.7 Å². The van der Waals surface area contributed by atoms with Crippen LogP contribution in [-0.2, 0) is 23.7 Å². The van der Waals surface area contributed by atoms with Crippen molar-refractivity contribution in [3.8, 4) is 0 Å². The summed E-state index contributed by atoms with van der Waals surface area (Å²) < 4.78 is 25.1. The molecule has 5 aliphatic rings. The van der Waals surface area contributed by atoms with Crippen molar-refractivity contribution in [1.29, 1.82) is 0 Å². The lowest BCUT2D eigenvalue weighted by molar-refractivity contribution is -0.294. The number of fused-ring (bicyclic) bond motifs is 2. The van der Waals surface area contributed by atoms with Gasteiger partial charge in [-0.25, -0.2) is 0 Å². The van der Waals surface area contributed by atoms with Gasteiger partial charge in [0.25, 0.3) is 0 Å². The van der Waals surface area contributed by atoms with Gasteiger partial charge < -0.3 is 29.3 Å². The van der Waals surface area contributed by atoms with Crippen LogP contribution in [0.3, 0.4) is 0 Å². The third-order valence-electron chi connectivity index (χ3n) is 8.97. The van der Waals surface area contributed by atoms with Crippen LogP contribution >= 0.6 is 0 Å². The largest absolute Gasteiger partial charge is 0.462 e. The molecule has 0 aromatic heterocycles. The Labute approximate surface area is 225 Å². The van der Waals surface area contributed by atoms with Crippen LogP contribution in [0.4, 0.5) is 0 Å². The molecule has 38 heavy (non-hydrogen) atoms. The van der Waals surface area contributed by atoms with E-state index in [1.807, 2.05) is 12.2 Å². The Morgan fingerprint density at radius 1 is 1.21 bits per heavy atom. The number of aliphatic hydroxyl groups is 1.